The van der Waals surface area contributed by atoms with E-state index in [2.05, 4.69) is 0 Å². The molecule has 0 radical (unpaired) electrons. The van der Waals surface area contributed by atoms with Gasteiger partial charge < -0.3 is 10.0 Å². The molecule has 7 heteroatoms. The molecule has 116 valence electrons. The Hall–Kier alpha value is -2.62. The van der Waals surface area contributed by atoms with Crippen LogP contribution in [0.5, 0.6) is 5.75 Å². The summed E-state index contributed by atoms with van der Waals surface area (Å²) >= 11 is 0. The smallest absolute Gasteiger partial charge is 0.311 e. The zero-order valence-corrected chi connectivity index (χ0v) is 12.2. The van der Waals surface area contributed by atoms with Gasteiger partial charge in [-0.2, -0.15) is 5.26 Å². The SMILES string of the molecule is CC(C1CC1)N(CCC#N)C(=O)c1ccc(O)c([N+](=O)[O-])c1. The molecule has 1 fully saturated rings. The first-order chi connectivity index (χ1) is 10.5. The minimum absolute atomic E-state index is 0.00582. The van der Waals surface area contributed by atoms with Crippen molar-refractivity contribution >= 4 is 11.6 Å². The Morgan fingerprint density at radius 2 is 2.27 bits per heavy atom. The Morgan fingerprint density at radius 3 is 2.82 bits per heavy atom. The Kier molecular flexibility index (Phi) is 4.61. The van der Waals surface area contributed by atoms with Crippen LogP contribution in [-0.4, -0.2) is 33.4 Å². The van der Waals surface area contributed by atoms with Gasteiger partial charge >= 0.3 is 5.69 Å². The van der Waals surface area contributed by atoms with E-state index in [1.807, 2.05) is 13.0 Å². The molecule has 1 saturated carbocycles. The van der Waals surface area contributed by atoms with E-state index in [1.54, 1.807) is 4.90 Å². The van der Waals surface area contributed by atoms with Crippen LogP contribution in [0.2, 0.25) is 0 Å². The largest absolute Gasteiger partial charge is 0.502 e. The van der Waals surface area contributed by atoms with E-state index in [1.165, 1.54) is 6.07 Å². The summed E-state index contributed by atoms with van der Waals surface area (Å²) in [4.78, 5) is 24.4. The molecule has 7 nitrogen and oxygen atoms in total. The van der Waals surface area contributed by atoms with Crippen LogP contribution in [0, 0.1) is 27.4 Å². The van der Waals surface area contributed by atoms with Crippen LogP contribution >= 0.6 is 0 Å². The van der Waals surface area contributed by atoms with Crippen molar-refractivity contribution in [3.63, 3.8) is 0 Å². The summed E-state index contributed by atoms with van der Waals surface area (Å²) in [5.74, 6) is -0.396. The summed E-state index contributed by atoms with van der Waals surface area (Å²) in [6, 6.07) is 5.60. The highest BCUT2D eigenvalue weighted by molar-refractivity contribution is 5.95. The Bertz CT molecular complexity index is 634. The Labute approximate surface area is 127 Å². The predicted octanol–water partition coefficient (Wildman–Crippen LogP) is 2.45. The van der Waals surface area contributed by atoms with E-state index in [0.717, 1.165) is 25.0 Å². The van der Waals surface area contributed by atoms with E-state index >= 15 is 0 Å². The average molecular weight is 303 g/mol. The number of nitro benzene ring substituents is 1. The molecular formula is C15H17N3O4. The van der Waals surface area contributed by atoms with Crippen molar-refractivity contribution in [1.82, 2.24) is 4.90 Å². The number of benzene rings is 1. The molecule has 1 atom stereocenters. The van der Waals surface area contributed by atoms with Gasteiger partial charge in [0.15, 0.2) is 5.75 Å². The maximum atomic E-state index is 12.6. The first-order valence-electron chi connectivity index (χ1n) is 7.11. The van der Waals surface area contributed by atoms with Gasteiger partial charge in [-0.15, -0.1) is 0 Å². The Morgan fingerprint density at radius 1 is 1.59 bits per heavy atom. The molecule has 0 heterocycles. The number of hydrogen-bond acceptors (Lipinski definition) is 5. The van der Waals surface area contributed by atoms with E-state index in [0.29, 0.717) is 12.5 Å². The molecule has 1 aliphatic rings. The zero-order chi connectivity index (χ0) is 16.3. The second-order valence-corrected chi connectivity index (χ2v) is 5.45. The molecule has 1 amide bonds. The van der Waals surface area contributed by atoms with Crippen LogP contribution in [0.25, 0.3) is 0 Å². The summed E-state index contributed by atoms with van der Waals surface area (Å²) < 4.78 is 0. The van der Waals surface area contributed by atoms with Crippen molar-refractivity contribution in [2.75, 3.05) is 6.54 Å². The van der Waals surface area contributed by atoms with Gasteiger partial charge in [0.2, 0.25) is 0 Å². The lowest BCUT2D eigenvalue weighted by molar-refractivity contribution is -0.385. The second kappa shape index (κ2) is 6.43. The highest BCUT2D eigenvalue weighted by Gasteiger charge is 2.34. The number of nitro groups is 1. The van der Waals surface area contributed by atoms with Gasteiger partial charge in [0.25, 0.3) is 5.91 Å². The van der Waals surface area contributed by atoms with Crippen LogP contribution in [0.4, 0.5) is 5.69 Å². The maximum Gasteiger partial charge on any atom is 0.311 e. The molecule has 1 aromatic carbocycles. The first kappa shape index (κ1) is 15.8. The molecule has 0 aliphatic heterocycles. The van der Waals surface area contributed by atoms with E-state index in [-0.39, 0.29) is 23.9 Å². The lowest BCUT2D eigenvalue weighted by Crippen LogP contribution is -2.40. The third kappa shape index (κ3) is 3.34. The maximum absolute atomic E-state index is 12.6. The number of phenols is 1. The lowest BCUT2D eigenvalue weighted by atomic mass is 10.1. The molecule has 22 heavy (non-hydrogen) atoms. The van der Waals surface area contributed by atoms with Crippen molar-refractivity contribution < 1.29 is 14.8 Å². The minimum atomic E-state index is -0.726. The minimum Gasteiger partial charge on any atom is -0.502 e. The molecule has 0 spiro atoms. The van der Waals surface area contributed by atoms with Crippen molar-refractivity contribution in [2.45, 2.75) is 32.2 Å². The number of amides is 1. The van der Waals surface area contributed by atoms with Crippen LogP contribution in [0.3, 0.4) is 0 Å². The summed E-state index contributed by atoms with van der Waals surface area (Å²) in [5.41, 5.74) is -0.347. The van der Waals surface area contributed by atoms with Gasteiger partial charge in [-0.25, -0.2) is 0 Å². The first-order valence-corrected chi connectivity index (χ1v) is 7.11. The fourth-order valence-electron chi connectivity index (χ4n) is 2.46. The molecule has 1 aliphatic carbocycles. The highest BCUT2D eigenvalue weighted by atomic mass is 16.6. The van der Waals surface area contributed by atoms with Gasteiger partial charge in [0, 0.05) is 24.2 Å². The summed E-state index contributed by atoms with van der Waals surface area (Å²) in [7, 11) is 0. The van der Waals surface area contributed by atoms with Gasteiger partial charge in [0.1, 0.15) is 0 Å². The topological polar surface area (TPSA) is 107 Å². The quantitative estimate of drug-likeness (QED) is 0.641. The van der Waals surface area contributed by atoms with E-state index in [9.17, 15) is 20.0 Å². The number of nitriles is 1. The van der Waals surface area contributed by atoms with Crippen molar-refractivity contribution in [3.05, 3.63) is 33.9 Å². The van der Waals surface area contributed by atoms with Crippen molar-refractivity contribution in [1.29, 1.82) is 5.26 Å². The summed E-state index contributed by atoms with van der Waals surface area (Å²) in [6.45, 7) is 2.23. The number of carbonyl (C=O) groups excluding carboxylic acids is 1. The van der Waals surface area contributed by atoms with Gasteiger partial charge in [-0.3, -0.25) is 14.9 Å². The number of hydrogen-bond donors (Lipinski definition) is 1. The number of phenolic OH excluding ortho intramolecular Hbond substituents is 1. The van der Waals surface area contributed by atoms with Crippen molar-refractivity contribution in [3.8, 4) is 11.8 Å². The normalized spacial score (nSPS) is 14.9. The fraction of sp³-hybridized carbons (Fsp3) is 0.467. The molecule has 1 unspecified atom stereocenters. The molecule has 1 N–H and O–H groups in total. The fourth-order valence-corrected chi connectivity index (χ4v) is 2.46. The van der Waals surface area contributed by atoms with Crippen LogP contribution < -0.4 is 0 Å². The van der Waals surface area contributed by atoms with Crippen LogP contribution in [0.15, 0.2) is 18.2 Å². The number of aromatic hydroxyl groups is 1. The summed E-state index contributed by atoms with van der Waals surface area (Å²) in [5, 5.41) is 29.1. The molecule has 1 aromatic rings. The number of rotatable bonds is 6. The third-order valence-electron chi connectivity index (χ3n) is 3.94. The lowest BCUT2D eigenvalue weighted by Gasteiger charge is -2.28. The molecule has 0 saturated heterocycles. The standard InChI is InChI=1S/C15H17N3O4/c1-10(11-3-4-11)17(8-2-7-16)15(20)12-5-6-14(19)13(9-12)18(21)22/h5-6,9-11,19H,2-4,8H2,1H3. The van der Waals surface area contributed by atoms with Gasteiger partial charge in [0.05, 0.1) is 17.4 Å². The van der Waals surface area contributed by atoms with Gasteiger partial charge in [-0.05, 0) is 37.8 Å². The van der Waals surface area contributed by atoms with Crippen molar-refractivity contribution in [2.24, 2.45) is 5.92 Å². The van der Waals surface area contributed by atoms with E-state index in [4.69, 9.17) is 5.26 Å². The molecule has 0 aromatic heterocycles. The molecule has 0 bridgehead atoms. The van der Waals surface area contributed by atoms with E-state index < -0.39 is 16.4 Å². The predicted molar refractivity (Wildman–Crippen MR) is 78.2 cm³/mol. The summed E-state index contributed by atoms with van der Waals surface area (Å²) in [6.07, 6.45) is 2.31. The molecule has 2 rings (SSSR count). The zero-order valence-electron chi connectivity index (χ0n) is 12.2. The number of nitrogens with zero attached hydrogens (tertiary/aromatic N) is 3. The second-order valence-electron chi connectivity index (χ2n) is 5.45. The van der Waals surface area contributed by atoms with Crippen LogP contribution in [0.1, 0.15) is 36.5 Å². The average Bonchev–Trinajstić information content (AvgIpc) is 3.32. The Balaban J connectivity index is 2.27. The number of carbonyl (C=O) groups is 1. The van der Waals surface area contributed by atoms with Gasteiger partial charge in [-0.1, -0.05) is 0 Å². The highest BCUT2D eigenvalue weighted by Crippen LogP contribution is 2.36. The molecular weight excluding hydrogens is 286 g/mol. The monoisotopic (exact) mass is 303 g/mol. The third-order valence-corrected chi connectivity index (χ3v) is 3.94. The van der Waals surface area contributed by atoms with Crippen LogP contribution in [-0.2, 0) is 0 Å².